The van der Waals surface area contributed by atoms with Crippen molar-refractivity contribution in [3.8, 4) is 23.0 Å². The lowest BCUT2D eigenvalue weighted by atomic mass is 9.72. The van der Waals surface area contributed by atoms with Crippen molar-refractivity contribution in [1.29, 1.82) is 0 Å². The summed E-state index contributed by atoms with van der Waals surface area (Å²) in [5.74, 6) is -2.76. The third-order valence-corrected chi connectivity index (χ3v) is 17.0. The van der Waals surface area contributed by atoms with E-state index in [1.165, 1.54) is 129 Å². The van der Waals surface area contributed by atoms with Crippen molar-refractivity contribution in [2.24, 2.45) is 0 Å². The highest BCUT2D eigenvalue weighted by molar-refractivity contribution is 6.31. The van der Waals surface area contributed by atoms with Gasteiger partial charge in [0, 0.05) is 48.5 Å². The van der Waals surface area contributed by atoms with E-state index >= 15 is 0 Å². The minimum absolute atomic E-state index is 0.0394. The fourth-order valence-corrected chi connectivity index (χ4v) is 12.4. The number of phenols is 2. The molecule has 0 unspecified atom stereocenters. The van der Waals surface area contributed by atoms with Gasteiger partial charge in [0.1, 0.15) is 41.8 Å². The van der Waals surface area contributed by atoms with Crippen LogP contribution in [-0.2, 0) is 27.1 Å². The number of phenolic OH excluding ortho intramolecular Hbond substituents is 2. The lowest BCUT2D eigenvalue weighted by molar-refractivity contribution is -0.249. The van der Waals surface area contributed by atoms with Crippen LogP contribution in [0, 0.1) is 0 Å². The molecule has 1 heterocycles. The summed E-state index contributed by atoms with van der Waals surface area (Å²) in [4.78, 5) is 43.1. The zero-order valence-electron chi connectivity index (χ0n) is 49.4. The number of fused-ring (bicyclic) bond motifs is 3. The number of Topliss-reactive ketones (excluding diaryl/α,β-unsaturated/α-hetero) is 1. The van der Waals surface area contributed by atoms with E-state index in [2.05, 4.69) is 110 Å². The van der Waals surface area contributed by atoms with E-state index in [1.807, 2.05) is 0 Å². The molecule has 5 aromatic rings. The van der Waals surface area contributed by atoms with Crippen LogP contribution >= 0.6 is 0 Å². The van der Waals surface area contributed by atoms with Crippen molar-refractivity contribution in [2.45, 2.75) is 172 Å². The first kappa shape index (κ1) is 62.8. The van der Waals surface area contributed by atoms with Crippen LogP contribution in [0.4, 0.5) is 0 Å². The Labute approximate surface area is 490 Å². The van der Waals surface area contributed by atoms with Crippen molar-refractivity contribution in [1.82, 2.24) is 10.2 Å². The van der Waals surface area contributed by atoms with Crippen LogP contribution in [0.15, 0.2) is 97.1 Å². The zero-order chi connectivity index (χ0) is 59.0. The Hall–Kier alpha value is -6.23. The largest absolute Gasteiger partial charge is 0.507 e. The Kier molecular flexibility index (Phi) is 22.7. The molecule has 3 aliphatic rings. The molecular formula is C69H88N2O12. The Balaban J connectivity index is 0.712. The Bertz CT molecular complexity index is 2990. The molecule has 0 aromatic heterocycles. The second-order valence-electron chi connectivity index (χ2n) is 23.2. The number of carbonyl (C=O) groups is 3. The van der Waals surface area contributed by atoms with Crippen LogP contribution < -0.4 is 14.8 Å². The monoisotopic (exact) mass is 1140 g/mol. The number of carbonyl (C=O) groups excluding carboxylic acids is 3. The van der Waals surface area contributed by atoms with Gasteiger partial charge >= 0.3 is 0 Å². The SMILES string of the molecule is CC/C(=C(\c1ccccc1)c1ccc(OCCN(C)C)cc1)c1ccc(CCCCCCCCCCCCCCCCN[C@H]2C[C@H](O[C@H]3C[C@](O)(C(=O)CO)Cc4c(O)c5c(c(O)c43)C(=O)c3c(OC)cccc3C5=O)O[C@@H](C)[C@H]2O)cc1. The average molecular weight is 1140 g/mol. The molecule has 0 radical (unpaired) electrons. The number of nitrogens with zero attached hydrogens (tertiary/aromatic N) is 1. The maximum atomic E-state index is 14.1. The molecule has 6 N–H and O–H groups in total. The van der Waals surface area contributed by atoms with Crippen LogP contribution in [0.1, 0.15) is 194 Å². The molecule has 0 amide bonds. The summed E-state index contributed by atoms with van der Waals surface area (Å²) < 4.78 is 23.9. The smallest absolute Gasteiger partial charge is 0.202 e. The van der Waals surface area contributed by atoms with Crippen molar-refractivity contribution in [2.75, 3.05) is 47.5 Å². The van der Waals surface area contributed by atoms with Gasteiger partial charge in [-0.15, -0.1) is 0 Å². The van der Waals surface area contributed by atoms with Gasteiger partial charge in [0.2, 0.25) is 5.78 Å². The van der Waals surface area contributed by atoms with Gasteiger partial charge in [-0.2, -0.15) is 0 Å². The minimum Gasteiger partial charge on any atom is -0.507 e. The minimum atomic E-state index is -2.26. The van der Waals surface area contributed by atoms with E-state index in [9.17, 15) is 39.9 Å². The van der Waals surface area contributed by atoms with Gasteiger partial charge < -0.3 is 54.7 Å². The summed E-state index contributed by atoms with van der Waals surface area (Å²) in [7, 11) is 5.46. The third-order valence-electron chi connectivity index (χ3n) is 17.0. The first-order valence-corrected chi connectivity index (χ1v) is 30.4. The van der Waals surface area contributed by atoms with Crippen LogP contribution in [0.25, 0.3) is 11.1 Å². The van der Waals surface area contributed by atoms with Crippen molar-refractivity contribution < 1.29 is 58.9 Å². The van der Waals surface area contributed by atoms with Gasteiger partial charge in [-0.05, 0) is 105 Å². The van der Waals surface area contributed by atoms with Crippen LogP contribution in [0.5, 0.6) is 23.0 Å². The molecule has 0 bridgehead atoms. The number of methoxy groups -OCH3 is 1. The maximum absolute atomic E-state index is 14.1. The van der Waals surface area contributed by atoms with E-state index in [-0.39, 0.29) is 34.4 Å². The second-order valence-corrected chi connectivity index (χ2v) is 23.2. The topological polar surface area (TPSA) is 205 Å². The van der Waals surface area contributed by atoms with E-state index in [0.717, 1.165) is 44.4 Å². The molecule has 5 aromatic carbocycles. The van der Waals surface area contributed by atoms with Crippen molar-refractivity contribution in [3.05, 3.63) is 153 Å². The Morgan fingerprint density at radius 2 is 1.34 bits per heavy atom. The molecule has 2 aliphatic carbocycles. The molecular weight excluding hydrogens is 1050 g/mol. The molecule has 1 saturated heterocycles. The molecule has 0 saturated carbocycles. The number of aryl methyl sites for hydroxylation is 1. The van der Waals surface area contributed by atoms with Gasteiger partial charge in [-0.25, -0.2) is 0 Å². The summed E-state index contributed by atoms with van der Waals surface area (Å²) >= 11 is 0. The second kappa shape index (κ2) is 30.0. The summed E-state index contributed by atoms with van der Waals surface area (Å²) in [5.41, 5.74) is 4.19. The first-order valence-electron chi connectivity index (χ1n) is 30.4. The number of aliphatic hydroxyl groups is 3. The maximum Gasteiger partial charge on any atom is 0.202 e. The number of aliphatic hydroxyl groups excluding tert-OH is 2. The summed E-state index contributed by atoms with van der Waals surface area (Å²) in [6, 6.07) is 32.6. The quantitative estimate of drug-likeness (QED) is 0.0136. The average Bonchev–Trinajstić information content (AvgIpc) is 1.46. The molecule has 0 spiro atoms. The number of likely N-dealkylation sites (N-methyl/N-ethyl adjacent to an activating group) is 1. The fraction of sp³-hybridized carbons (Fsp3) is 0.493. The number of benzene rings is 5. The molecule has 14 heteroatoms. The Morgan fingerprint density at radius 3 is 1.95 bits per heavy atom. The summed E-state index contributed by atoms with van der Waals surface area (Å²) in [6.45, 7) is 5.14. The van der Waals surface area contributed by atoms with Crippen LogP contribution in [-0.4, -0.2) is 125 Å². The number of hydrogen-bond donors (Lipinski definition) is 6. The van der Waals surface area contributed by atoms with Gasteiger partial charge in [-0.3, -0.25) is 14.4 Å². The zero-order valence-corrected chi connectivity index (χ0v) is 49.4. The highest BCUT2D eigenvalue weighted by Gasteiger charge is 2.50. The van der Waals surface area contributed by atoms with Gasteiger partial charge in [0.05, 0.1) is 42.1 Å². The number of aromatic hydroxyl groups is 2. The molecule has 1 fully saturated rings. The molecule has 6 atom stereocenters. The highest BCUT2D eigenvalue weighted by Crippen LogP contribution is 2.53. The number of rotatable bonds is 31. The number of hydrogen-bond acceptors (Lipinski definition) is 14. The van der Waals surface area contributed by atoms with Gasteiger partial charge in [-0.1, -0.05) is 163 Å². The summed E-state index contributed by atoms with van der Waals surface area (Å²) in [6.07, 6.45) is 14.2. The van der Waals surface area contributed by atoms with E-state index in [4.69, 9.17) is 18.9 Å². The highest BCUT2D eigenvalue weighted by atomic mass is 16.7. The van der Waals surface area contributed by atoms with Crippen LogP contribution in [0.3, 0.4) is 0 Å². The molecule has 8 rings (SSSR count). The molecule has 446 valence electrons. The lowest BCUT2D eigenvalue weighted by Crippen LogP contribution is -2.54. The molecule has 14 nitrogen and oxygen atoms in total. The van der Waals surface area contributed by atoms with E-state index < -0.39 is 95.7 Å². The third kappa shape index (κ3) is 15.4. The Morgan fingerprint density at radius 1 is 0.735 bits per heavy atom. The van der Waals surface area contributed by atoms with Gasteiger partial charge in [0.15, 0.2) is 17.9 Å². The van der Waals surface area contributed by atoms with E-state index in [0.29, 0.717) is 13.2 Å². The normalized spacial score (nSPS) is 20.6. The van der Waals surface area contributed by atoms with E-state index in [1.54, 1.807) is 6.92 Å². The molecule has 83 heavy (non-hydrogen) atoms. The van der Waals surface area contributed by atoms with Crippen molar-refractivity contribution in [3.63, 3.8) is 0 Å². The number of unbranched alkanes of at least 4 members (excludes halogenated alkanes) is 13. The number of nitrogens with one attached hydrogen (secondary N) is 1. The fourth-order valence-electron chi connectivity index (χ4n) is 12.4. The number of allylic oxidation sites excluding steroid dienone is 1. The number of ketones is 3. The molecule has 1 aliphatic heterocycles. The summed E-state index contributed by atoms with van der Waals surface area (Å²) in [5, 5.41) is 59.8. The predicted octanol–water partition coefficient (Wildman–Crippen LogP) is 11.6. The lowest BCUT2D eigenvalue weighted by Gasteiger charge is -2.43. The first-order chi connectivity index (χ1) is 40.2. The number of ether oxygens (including phenoxy) is 4. The van der Waals surface area contributed by atoms with Gasteiger partial charge in [0.25, 0.3) is 0 Å². The predicted molar refractivity (Wildman–Crippen MR) is 323 cm³/mol. The van der Waals surface area contributed by atoms with Crippen molar-refractivity contribution >= 4 is 28.5 Å². The standard InChI is InChI=1S/C69H88N2O12/c1-6-51(59(48-26-21-19-22-27-48)49-34-36-50(37-35-49)81-40-39-71(3)4)47-32-30-46(31-33-47)25-20-17-15-13-11-9-7-8-10-12-14-16-18-23-38-70-54-41-58(82-45(2)64(54)74)83-56-43-69(79,57(73)44-72)42-53-61(56)68(78)63-62(66(53)76)65(75)52-28-24-29-55(80-5)60(52)67(63)77/h19,21-22,24,26-37,45,54,56,58,64,70,72,74,76,78-79H,6-18,20,23,25,38-44H2,1-5H3/b59-51-/t45-,54-,56-,58-,64+,69-/m0/s1. The van der Waals surface area contributed by atoms with Crippen LogP contribution in [0.2, 0.25) is 0 Å².